The van der Waals surface area contributed by atoms with Crippen molar-refractivity contribution in [3.63, 3.8) is 0 Å². The lowest BCUT2D eigenvalue weighted by atomic mass is 10.1. The van der Waals surface area contributed by atoms with Crippen LogP contribution in [0.4, 0.5) is 5.69 Å². The first-order valence-corrected chi connectivity index (χ1v) is 6.47. The molecule has 1 amide bonds. The lowest BCUT2D eigenvalue weighted by molar-refractivity contribution is -0.137. The molecule has 0 aromatic heterocycles. The van der Waals surface area contributed by atoms with Gasteiger partial charge in [0, 0.05) is 11.7 Å². The average molecular weight is 278 g/mol. The first kappa shape index (κ1) is 14.2. The van der Waals surface area contributed by atoms with Gasteiger partial charge in [-0.2, -0.15) is 0 Å². The van der Waals surface area contributed by atoms with E-state index in [1.165, 1.54) is 7.11 Å². The van der Waals surface area contributed by atoms with Gasteiger partial charge in [-0.1, -0.05) is 0 Å². The highest BCUT2D eigenvalue weighted by Gasteiger charge is 2.34. The van der Waals surface area contributed by atoms with Crippen molar-refractivity contribution in [3.05, 3.63) is 23.8 Å². The van der Waals surface area contributed by atoms with E-state index in [1.54, 1.807) is 18.2 Å². The standard InChI is InChI=1S/C14H18N2O4/c1-20-9-4-5-11(15)10(6-9)14(19)16-12(7-13(17)18)8-2-3-8/h4-6,8,12H,2-3,7,15H2,1H3,(H,16,19)(H,17,18). The molecule has 4 N–H and O–H groups in total. The van der Waals surface area contributed by atoms with Crippen molar-refractivity contribution in [2.24, 2.45) is 5.92 Å². The molecular formula is C14H18N2O4. The Kier molecular flexibility index (Phi) is 4.12. The van der Waals surface area contributed by atoms with Gasteiger partial charge in [0.25, 0.3) is 5.91 Å². The molecule has 0 aliphatic heterocycles. The van der Waals surface area contributed by atoms with E-state index < -0.39 is 5.97 Å². The van der Waals surface area contributed by atoms with Crippen molar-refractivity contribution >= 4 is 17.6 Å². The number of hydrogen-bond acceptors (Lipinski definition) is 4. The number of amides is 1. The maximum Gasteiger partial charge on any atom is 0.305 e. The first-order valence-electron chi connectivity index (χ1n) is 6.47. The number of aliphatic carboxylic acids is 1. The van der Waals surface area contributed by atoms with E-state index in [1.807, 2.05) is 0 Å². The van der Waals surface area contributed by atoms with E-state index in [0.29, 0.717) is 17.0 Å². The topological polar surface area (TPSA) is 102 Å². The third-order valence-electron chi connectivity index (χ3n) is 3.41. The van der Waals surface area contributed by atoms with E-state index >= 15 is 0 Å². The molecule has 2 rings (SSSR count). The second kappa shape index (κ2) is 5.81. The molecule has 0 radical (unpaired) electrons. The van der Waals surface area contributed by atoms with Crippen LogP contribution in [-0.2, 0) is 4.79 Å². The van der Waals surface area contributed by atoms with Gasteiger partial charge in [-0.15, -0.1) is 0 Å². The van der Waals surface area contributed by atoms with Crippen LogP contribution in [-0.4, -0.2) is 30.1 Å². The van der Waals surface area contributed by atoms with Gasteiger partial charge >= 0.3 is 5.97 Å². The molecule has 1 aromatic rings. The number of carbonyl (C=O) groups is 2. The van der Waals surface area contributed by atoms with E-state index in [0.717, 1.165) is 12.8 Å². The first-order chi connectivity index (χ1) is 9.51. The number of carbonyl (C=O) groups excluding carboxylic acids is 1. The lowest BCUT2D eigenvalue weighted by Gasteiger charge is -2.17. The molecule has 108 valence electrons. The zero-order valence-electron chi connectivity index (χ0n) is 11.3. The number of methoxy groups -OCH3 is 1. The smallest absolute Gasteiger partial charge is 0.305 e. The average Bonchev–Trinajstić information content (AvgIpc) is 3.22. The zero-order valence-corrected chi connectivity index (χ0v) is 11.3. The predicted molar refractivity (Wildman–Crippen MR) is 73.6 cm³/mol. The van der Waals surface area contributed by atoms with Gasteiger partial charge in [0.1, 0.15) is 5.75 Å². The lowest BCUT2D eigenvalue weighted by Crippen LogP contribution is -2.38. The van der Waals surface area contributed by atoms with Crippen molar-refractivity contribution in [2.45, 2.75) is 25.3 Å². The van der Waals surface area contributed by atoms with Crippen molar-refractivity contribution in [3.8, 4) is 5.75 Å². The third kappa shape index (κ3) is 3.40. The highest BCUT2D eigenvalue weighted by atomic mass is 16.5. The fourth-order valence-electron chi connectivity index (χ4n) is 2.13. The van der Waals surface area contributed by atoms with Crippen molar-refractivity contribution in [1.82, 2.24) is 5.32 Å². The molecule has 1 aliphatic rings. The Labute approximate surface area is 116 Å². The Morgan fingerprint density at radius 2 is 2.20 bits per heavy atom. The minimum atomic E-state index is -0.916. The Balaban J connectivity index is 2.11. The van der Waals surface area contributed by atoms with Gasteiger partial charge in [0.2, 0.25) is 0 Å². The molecule has 0 saturated heterocycles. The molecule has 1 saturated carbocycles. The van der Waals surface area contributed by atoms with Crippen LogP contribution in [0.25, 0.3) is 0 Å². The number of anilines is 1. The van der Waals surface area contributed by atoms with Crippen LogP contribution in [0.5, 0.6) is 5.75 Å². The molecule has 1 aliphatic carbocycles. The number of carboxylic acids is 1. The Morgan fingerprint density at radius 3 is 2.75 bits per heavy atom. The number of carboxylic acid groups (broad SMARTS) is 1. The fraction of sp³-hybridized carbons (Fsp3) is 0.429. The van der Waals surface area contributed by atoms with Gasteiger partial charge in [0.15, 0.2) is 0 Å². The predicted octanol–water partition coefficient (Wildman–Crippen LogP) is 1.26. The number of rotatable bonds is 6. The third-order valence-corrected chi connectivity index (χ3v) is 3.41. The van der Waals surface area contributed by atoms with E-state index in [4.69, 9.17) is 15.6 Å². The summed E-state index contributed by atoms with van der Waals surface area (Å²) >= 11 is 0. The summed E-state index contributed by atoms with van der Waals surface area (Å²) in [7, 11) is 1.50. The van der Waals surface area contributed by atoms with Crippen molar-refractivity contribution in [2.75, 3.05) is 12.8 Å². The maximum absolute atomic E-state index is 12.2. The van der Waals surface area contributed by atoms with Crippen LogP contribution < -0.4 is 15.8 Å². The minimum Gasteiger partial charge on any atom is -0.497 e. The molecular weight excluding hydrogens is 260 g/mol. The molecule has 0 heterocycles. The highest BCUT2D eigenvalue weighted by Crippen LogP contribution is 2.34. The molecule has 1 aromatic carbocycles. The summed E-state index contributed by atoms with van der Waals surface area (Å²) < 4.78 is 5.06. The van der Waals surface area contributed by atoms with Crippen LogP contribution in [0.3, 0.4) is 0 Å². The monoisotopic (exact) mass is 278 g/mol. The summed E-state index contributed by atoms with van der Waals surface area (Å²) in [5.74, 6) is -0.493. The maximum atomic E-state index is 12.2. The Bertz CT molecular complexity index is 526. The summed E-state index contributed by atoms with van der Waals surface area (Å²) in [5, 5.41) is 11.6. The van der Waals surface area contributed by atoms with E-state index in [-0.39, 0.29) is 24.3 Å². The number of ether oxygens (including phenoxy) is 1. The quantitative estimate of drug-likeness (QED) is 0.680. The largest absolute Gasteiger partial charge is 0.497 e. The summed E-state index contributed by atoms with van der Waals surface area (Å²) in [6.07, 6.45) is 1.83. The normalized spacial score (nSPS) is 15.4. The summed E-state index contributed by atoms with van der Waals surface area (Å²) in [6, 6.07) is 4.47. The SMILES string of the molecule is COc1ccc(N)c(C(=O)NC(CC(=O)O)C2CC2)c1. The number of hydrogen-bond donors (Lipinski definition) is 3. The second-order valence-corrected chi connectivity index (χ2v) is 4.97. The number of nitrogens with two attached hydrogens (primary N) is 1. The van der Waals surface area contributed by atoms with Crippen LogP contribution in [0.15, 0.2) is 18.2 Å². The van der Waals surface area contributed by atoms with Gasteiger partial charge < -0.3 is 20.9 Å². The van der Waals surface area contributed by atoms with E-state index in [2.05, 4.69) is 5.32 Å². The second-order valence-electron chi connectivity index (χ2n) is 4.97. The van der Waals surface area contributed by atoms with E-state index in [9.17, 15) is 9.59 Å². The van der Waals surface area contributed by atoms with Crippen molar-refractivity contribution in [1.29, 1.82) is 0 Å². The van der Waals surface area contributed by atoms with Gasteiger partial charge in [-0.3, -0.25) is 9.59 Å². The zero-order chi connectivity index (χ0) is 14.7. The van der Waals surface area contributed by atoms with Crippen LogP contribution >= 0.6 is 0 Å². The number of nitrogen functional groups attached to an aromatic ring is 1. The summed E-state index contributed by atoms with van der Waals surface area (Å²) in [6.45, 7) is 0. The van der Waals surface area contributed by atoms with Gasteiger partial charge in [0.05, 0.1) is 19.1 Å². The van der Waals surface area contributed by atoms with Crippen molar-refractivity contribution < 1.29 is 19.4 Å². The van der Waals surface area contributed by atoms with Crippen LogP contribution in [0.1, 0.15) is 29.6 Å². The molecule has 1 atom stereocenters. The highest BCUT2D eigenvalue weighted by molar-refractivity contribution is 5.99. The molecule has 6 heteroatoms. The Hall–Kier alpha value is -2.24. The Morgan fingerprint density at radius 1 is 1.50 bits per heavy atom. The minimum absolute atomic E-state index is 0.0692. The van der Waals surface area contributed by atoms with Gasteiger partial charge in [-0.25, -0.2) is 0 Å². The summed E-state index contributed by atoms with van der Waals surface area (Å²) in [4.78, 5) is 23.0. The molecule has 0 bridgehead atoms. The fourth-order valence-corrected chi connectivity index (χ4v) is 2.13. The molecule has 6 nitrogen and oxygen atoms in total. The molecule has 1 unspecified atom stereocenters. The van der Waals surface area contributed by atoms with Crippen LogP contribution in [0, 0.1) is 5.92 Å². The number of nitrogens with one attached hydrogen (secondary N) is 1. The van der Waals surface area contributed by atoms with Crippen LogP contribution in [0.2, 0.25) is 0 Å². The summed E-state index contributed by atoms with van der Waals surface area (Å²) in [5.41, 5.74) is 6.43. The van der Waals surface area contributed by atoms with Gasteiger partial charge in [-0.05, 0) is 37.0 Å². The molecule has 0 spiro atoms. The number of benzene rings is 1. The molecule has 1 fully saturated rings. The molecule has 20 heavy (non-hydrogen) atoms.